The van der Waals surface area contributed by atoms with E-state index in [2.05, 4.69) is 10.7 Å². The van der Waals surface area contributed by atoms with E-state index in [9.17, 15) is 14.4 Å². The maximum Gasteiger partial charge on any atom is 0.344 e. The lowest BCUT2D eigenvalue weighted by atomic mass is 9.87. The first kappa shape index (κ1) is 18.7. The first-order valence-electron chi connectivity index (χ1n) is 8.36. The minimum absolute atomic E-state index is 0.340. The molecule has 2 aromatic carbocycles. The van der Waals surface area contributed by atoms with Gasteiger partial charge in [-0.15, -0.1) is 0 Å². The van der Waals surface area contributed by atoms with Crippen LogP contribution < -0.4 is 15.5 Å². The van der Waals surface area contributed by atoms with Crippen molar-refractivity contribution in [2.24, 2.45) is 0 Å². The van der Waals surface area contributed by atoms with E-state index in [1.807, 2.05) is 6.07 Å². The third-order valence-electron chi connectivity index (χ3n) is 4.29. The number of amides is 4. The number of carbonyl (C=O) groups is 3. The Morgan fingerprint density at radius 3 is 2.59 bits per heavy atom. The van der Waals surface area contributed by atoms with Gasteiger partial charge in [0.25, 0.3) is 11.8 Å². The summed E-state index contributed by atoms with van der Waals surface area (Å²) in [5.74, 6) is -0.780. The number of nitrogens with zero attached hydrogens (tertiary/aromatic N) is 1. The number of hydrogen-bond acceptors (Lipinski definition) is 4. The summed E-state index contributed by atoms with van der Waals surface area (Å²) in [6.07, 6.45) is 0.340. The maximum absolute atomic E-state index is 12.9. The molecule has 0 saturated carbocycles. The standard InChI is InChI=1S/C19H18ClN3O4/c1-2-19(13-7-4-3-5-8-13)17(25)23(18(26)21-19)22-16(24)12-27-15-10-6-9-14(20)11-15/h3-11H,2,12H2,1H3,(H,21,26)(H,22,24)/t19-/m1/s1. The van der Waals surface area contributed by atoms with E-state index in [1.54, 1.807) is 55.5 Å². The lowest BCUT2D eigenvalue weighted by molar-refractivity contribution is -0.140. The summed E-state index contributed by atoms with van der Waals surface area (Å²) in [4.78, 5) is 37.3. The van der Waals surface area contributed by atoms with Gasteiger partial charge in [0.2, 0.25) is 0 Å². The fourth-order valence-electron chi connectivity index (χ4n) is 2.90. The second kappa shape index (κ2) is 7.67. The molecule has 1 aliphatic heterocycles. The van der Waals surface area contributed by atoms with E-state index in [0.717, 1.165) is 0 Å². The van der Waals surface area contributed by atoms with Gasteiger partial charge in [-0.1, -0.05) is 54.9 Å². The van der Waals surface area contributed by atoms with Crippen LogP contribution >= 0.6 is 11.6 Å². The number of benzene rings is 2. The number of imide groups is 1. The lowest BCUT2D eigenvalue weighted by Crippen LogP contribution is -2.49. The third-order valence-corrected chi connectivity index (χ3v) is 4.53. The predicted molar refractivity (Wildman–Crippen MR) is 98.9 cm³/mol. The Kier molecular flexibility index (Phi) is 5.32. The van der Waals surface area contributed by atoms with Crippen LogP contribution in [0, 0.1) is 0 Å². The summed E-state index contributed by atoms with van der Waals surface area (Å²) in [6, 6.07) is 14.8. The number of ether oxygens (including phenoxy) is 1. The second-order valence-corrected chi connectivity index (χ2v) is 6.41. The van der Waals surface area contributed by atoms with Crippen molar-refractivity contribution < 1.29 is 19.1 Å². The summed E-state index contributed by atoms with van der Waals surface area (Å²) in [5, 5.41) is 3.85. The fraction of sp³-hybridized carbons (Fsp3) is 0.211. The Bertz CT molecular complexity index is 874. The Hall–Kier alpha value is -3.06. The fourth-order valence-corrected chi connectivity index (χ4v) is 3.08. The van der Waals surface area contributed by atoms with E-state index in [-0.39, 0.29) is 6.61 Å². The highest BCUT2D eigenvalue weighted by Crippen LogP contribution is 2.31. The van der Waals surface area contributed by atoms with Crippen LogP contribution in [-0.2, 0) is 15.1 Å². The van der Waals surface area contributed by atoms with Gasteiger partial charge >= 0.3 is 6.03 Å². The molecule has 8 heteroatoms. The number of nitrogens with one attached hydrogen (secondary N) is 2. The molecule has 1 saturated heterocycles. The molecule has 27 heavy (non-hydrogen) atoms. The van der Waals surface area contributed by atoms with Gasteiger partial charge in [0.05, 0.1) is 0 Å². The van der Waals surface area contributed by atoms with E-state index in [1.165, 1.54) is 0 Å². The van der Waals surface area contributed by atoms with Gasteiger partial charge in [-0.2, -0.15) is 5.01 Å². The highest BCUT2D eigenvalue weighted by molar-refractivity contribution is 6.30. The summed E-state index contributed by atoms with van der Waals surface area (Å²) in [5.41, 5.74) is 1.74. The molecule has 0 unspecified atom stereocenters. The molecule has 0 spiro atoms. The average molecular weight is 388 g/mol. The molecule has 0 bridgehead atoms. The van der Waals surface area contributed by atoms with Gasteiger partial charge in [-0.3, -0.25) is 15.0 Å². The predicted octanol–water partition coefficient (Wildman–Crippen LogP) is 2.61. The van der Waals surface area contributed by atoms with Crippen molar-refractivity contribution in [3.05, 3.63) is 65.2 Å². The Labute approximate surface area is 161 Å². The molecule has 1 fully saturated rings. The molecule has 4 amide bonds. The van der Waals surface area contributed by atoms with Crippen LogP contribution in [0.1, 0.15) is 18.9 Å². The molecule has 0 aliphatic carbocycles. The van der Waals surface area contributed by atoms with Crippen molar-refractivity contribution in [2.75, 3.05) is 6.61 Å². The molecule has 140 valence electrons. The summed E-state index contributed by atoms with van der Waals surface area (Å²) < 4.78 is 5.33. The quantitative estimate of drug-likeness (QED) is 0.746. The zero-order chi connectivity index (χ0) is 19.4. The molecule has 0 radical (unpaired) electrons. The molecule has 0 aromatic heterocycles. The molecule has 7 nitrogen and oxygen atoms in total. The van der Waals surface area contributed by atoms with E-state index < -0.39 is 23.4 Å². The van der Waals surface area contributed by atoms with Crippen molar-refractivity contribution in [1.82, 2.24) is 15.8 Å². The number of hydrazine groups is 1. The van der Waals surface area contributed by atoms with Crippen molar-refractivity contribution in [3.8, 4) is 5.75 Å². The van der Waals surface area contributed by atoms with Crippen molar-refractivity contribution in [2.45, 2.75) is 18.9 Å². The van der Waals surface area contributed by atoms with Crippen molar-refractivity contribution in [1.29, 1.82) is 0 Å². The third kappa shape index (κ3) is 3.73. The molecule has 1 atom stereocenters. The molecular weight excluding hydrogens is 370 g/mol. The monoisotopic (exact) mass is 387 g/mol. The Balaban J connectivity index is 1.69. The highest BCUT2D eigenvalue weighted by atomic mass is 35.5. The van der Waals surface area contributed by atoms with Gasteiger partial charge in [0, 0.05) is 5.02 Å². The first-order chi connectivity index (χ1) is 13.0. The number of halogens is 1. The molecular formula is C19H18ClN3O4. The van der Waals surface area contributed by atoms with Gasteiger partial charge in [0.15, 0.2) is 6.61 Å². The lowest BCUT2D eigenvalue weighted by Gasteiger charge is -2.25. The van der Waals surface area contributed by atoms with Crippen LogP contribution in [0.15, 0.2) is 54.6 Å². The van der Waals surface area contributed by atoms with Crippen LogP contribution in [0.25, 0.3) is 0 Å². The minimum atomic E-state index is -1.21. The van der Waals surface area contributed by atoms with Crippen LogP contribution in [0.2, 0.25) is 5.02 Å². The van der Waals surface area contributed by atoms with Crippen LogP contribution in [0.5, 0.6) is 5.75 Å². The number of hydrogen-bond donors (Lipinski definition) is 2. The van der Waals surface area contributed by atoms with E-state index in [4.69, 9.17) is 16.3 Å². The topological polar surface area (TPSA) is 87.7 Å². The molecule has 1 aliphatic rings. The maximum atomic E-state index is 12.9. The van der Waals surface area contributed by atoms with E-state index in [0.29, 0.717) is 27.8 Å². The van der Waals surface area contributed by atoms with Gasteiger partial charge in [-0.05, 0) is 30.2 Å². The molecule has 1 heterocycles. The molecule has 2 N–H and O–H groups in total. The van der Waals surface area contributed by atoms with Crippen LogP contribution in [-0.4, -0.2) is 29.5 Å². The first-order valence-corrected chi connectivity index (χ1v) is 8.74. The minimum Gasteiger partial charge on any atom is -0.484 e. The van der Waals surface area contributed by atoms with Crippen LogP contribution in [0.4, 0.5) is 4.79 Å². The van der Waals surface area contributed by atoms with Gasteiger partial charge < -0.3 is 10.1 Å². The largest absolute Gasteiger partial charge is 0.484 e. The van der Waals surface area contributed by atoms with Gasteiger partial charge in [-0.25, -0.2) is 4.79 Å². The summed E-state index contributed by atoms with van der Waals surface area (Å²) >= 11 is 5.86. The van der Waals surface area contributed by atoms with Crippen molar-refractivity contribution in [3.63, 3.8) is 0 Å². The number of rotatable bonds is 6. The Morgan fingerprint density at radius 1 is 1.19 bits per heavy atom. The normalized spacial score (nSPS) is 19.0. The Morgan fingerprint density at radius 2 is 1.93 bits per heavy atom. The second-order valence-electron chi connectivity index (χ2n) is 5.98. The summed E-state index contributed by atoms with van der Waals surface area (Å²) in [7, 11) is 0. The SMILES string of the molecule is CC[C@]1(c2ccccc2)NC(=O)N(NC(=O)COc2cccc(Cl)c2)C1=O. The summed E-state index contributed by atoms with van der Waals surface area (Å²) in [6.45, 7) is 1.42. The van der Waals surface area contributed by atoms with Crippen LogP contribution in [0.3, 0.4) is 0 Å². The van der Waals surface area contributed by atoms with Gasteiger partial charge in [0.1, 0.15) is 11.3 Å². The highest BCUT2D eigenvalue weighted by Gasteiger charge is 2.52. The molecule has 2 aromatic rings. The van der Waals surface area contributed by atoms with Crippen molar-refractivity contribution >= 4 is 29.4 Å². The number of carbonyl (C=O) groups excluding carboxylic acids is 3. The zero-order valence-corrected chi connectivity index (χ0v) is 15.3. The average Bonchev–Trinajstić information content (AvgIpc) is 2.92. The van der Waals surface area contributed by atoms with E-state index >= 15 is 0 Å². The zero-order valence-electron chi connectivity index (χ0n) is 14.6. The molecule has 3 rings (SSSR count). The smallest absolute Gasteiger partial charge is 0.344 e. The number of urea groups is 1.